The van der Waals surface area contributed by atoms with Crippen LogP contribution in [0.5, 0.6) is 0 Å². The zero-order valence-corrected chi connectivity index (χ0v) is 18.2. The Morgan fingerprint density at radius 1 is 1.25 bits per heavy atom. The van der Waals surface area contributed by atoms with Gasteiger partial charge >= 0.3 is 6.09 Å². The lowest BCUT2D eigenvalue weighted by Crippen LogP contribution is -2.57. The molecule has 2 atom stereocenters. The van der Waals surface area contributed by atoms with Crippen LogP contribution in [-0.4, -0.2) is 51.7 Å². The van der Waals surface area contributed by atoms with E-state index in [2.05, 4.69) is 30.8 Å². The summed E-state index contributed by atoms with van der Waals surface area (Å²) in [7, 11) is 0. The maximum atomic E-state index is 14.5. The number of ether oxygens (including phenoxy) is 1. The smallest absolute Gasteiger partial charge is 0.410 e. The summed E-state index contributed by atoms with van der Waals surface area (Å²) in [6.07, 6.45) is 1.52. The van der Waals surface area contributed by atoms with Gasteiger partial charge in [0.2, 0.25) is 5.28 Å². The Bertz CT molecular complexity index is 938. The van der Waals surface area contributed by atoms with Crippen molar-refractivity contribution in [2.75, 3.05) is 18.0 Å². The summed E-state index contributed by atoms with van der Waals surface area (Å²) in [5.41, 5.74) is -0.346. The van der Waals surface area contributed by atoms with Crippen LogP contribution < -0.4 is 4.90 Å². The van der Waals surface area contributed by atoms with Gasteiger partial charge in [-0.3, -0.25) is 4.90 Å². The molecule has 150 valence electrons. The Hall–Kier alpha value is -1.67. The number of rotatable bonds is 1. The van der Waals surface area contributed by atoms with E-state index in [1.165, 1.54) is 0 Å². The van der Waals surface area contributed by atoms with Crippen LogP contribution in [0.2, 0.25) is 5.28 Å². The molecule has 4 rings (SSSR count). The molecule has 2 aliphatic rings. The second kappa shape index (κ2) is 6.99. The van der Waals surface area contributed by atoms with Gasteiger partial charge in [0.25, 0.3) is 0 Å². The molecule has 1 amide bonds. The number of halogens is 3. The number of benzene rings is 1. The predicted molar refractivity (Wildman–Crippen MR) is 109 cm³/mol. The predicted octanol–water partition coefficient (Wildman–Crippen LogP) is 4.77. The van der Waals surface area contributed by atoms with E-state index in [1.807, 2.05) is 25.7 Å². The summed E-state index contributed by atoms with van der Waals surface area (Å²) >= 11 is 9.28. The van der Waals surface area contributed by atoms with Crippen molar-refractivity contribution < 1.29 is 13.9 Å². The molecule has 28 heavy (non-hydrogen) atoms. The third-order valence-electron chi connectivity index (χ3n) is 5.10. The molecular weight excluding hydrogens is 451 g/mol. The topological polar surface area (TPSA) is 58.6 Å². The highest BCUT2D eigenvalue weighted by Gasteiger charge is 2.45. The average molecular weight is 472 g/mol. The first kappa shape index (κ1) is 19.6. The third-order valence-corrected chi connectivity index (χ3v) is 5.88. The van der Waals surface area contributed by atoms with Gasteiger partial charge in [-0.15, -0.1) is 0 Å². The fourth-order valence-corrected chi connectivity index (χ4v) is 4.51. The number of hydrogen-bond acceptors (Lipinski definition) is 5. The lowest BCUT2D eigenvalue weighted by atomic mass is 10.1. The van der Waals surface area contributed by atoms with Gasteiger partial charge < -0.3 is 9.64 Å². The number of fused-ring (bicyclic) bond motifs is 3. The van der Waals surface area contributed by atoms with Crippen molar-refractivity contribution in [1.29, 1.82) is 0 Å². The Morgan fingerprint density at radius 2 is 1.89 bits per heavy atom. The van der Waals surface area contributed by atoms with Crippen molar-refractivity contribution in [3.63, 3.8) is 0 Å². The minimum absolute atomic E-state index is 0.00131. The monoisotopic (exact) mass is 470 g/mol. The van der Waals surface area contributed by atoms with Gasteiger partial charge in [0.15, 0.2) is 5.82 Å². The van der Waals surface area contributed by atoms with Crippen molar-refractivity contribution in [3.8, 4) is 0 Å². The fraction of sp³-hybridized carbons (Fsp3) is 0.526. The van der Waals surface area contributed by atoms with Crippen molar-refractivity contribution in [1.82, 2.24) is 14.9 Å². The molecule has 0 aliphatic carbocycles. The molecule has 0 N–H and O–H groups in total. The van der Waals surface area contributed by atoms with E-state index in [-0.39, 0.29) is 29.0 Å². The van der Waals surface area contributed by atoms with Gasteiger partial charge in [-0.2, -0.15) is 4.98 Å². The molecule has 2 aliphatic heterocycles. The maximum absolute atomic E-state index is 14.5. The van der Waals surface area contributed by atoms with Gasteiger partial charge in [0, 0.05) is 18.5 Å². The minimum atomic E-state index is -0.533. The second-order valence-corrected chi connectivity index (χ2v) is 9.44. The molecule has 0 spiro atoms. The Kier molecular flexibility index (Phi) is 4.90. The molecule has 6 nitrogen and oxygen atoms in total. The van der Waals surface area contributed by atoms with E-state index in [1.54, 1.807) is 12.1 Å². The number of nitrogens with zero attached hydrogens (tertiary/aromatic N) is 4. The average Bonchev–Trinajstić information content (AvgIpc) is 2.87. The molecule has 1 aromatic carbocycles. The maximum Gasteiger partial charge on any atom is 0.410 e. The Balaban J connectivity index is 1.65. The first-order valence-corrected chi connectivity index (χ1v) is 10.4. The highest BCUT2D eigenvalue weighted by Crippen LogP contribution is 2.37. The van der Waals surface area contributed by atoms with E-state index in [9.17, 15) is 9.18 Å². The van der Waals surface area contributed by atoms with Crippen molar-refractivity contribution in [3.05, 3.63) is 27.7 Å². The zero-order chi connectivity index (χ0) is 20.2. The standard InChI is InChI=1S/C19H21BrClFN4O2/c1-19(2,3)28-18(27)26-10-4-5-11(26)9-25(8-10)16-12-6-7-13(20)14(22)15(12)23-17(21)24-16/h6-7,10-11H,4-5,8-9H2,1-3H3. The molecule has 1 aromatic heterocycles. The number of aromatic nitrogens is 2. The number of carbonyl (C=O) groups is 1. The SMILES string of the molecule is CC(C)(C)OC(=O)N1C2CCC1CN(c1nc(Cl)nc3c(F)c(Br)ccc13)C2. The molecule has 0 radical (unpaired) electrons. The van der Waals surface area contributed by atoms with Crippen LogP contribution in [0, 0.1) is 5.82 Å². The van der Waals surface area contributed by atoms with Gasteiger partial charge in [-0.1, -0.05) is 0 Å². The van der Waals surface area contributed by atoms with E-state index in [4.69, 9.17) is 16.3 Å². The normalized spacial score (nSPS) is 22.1. The molecular formula is C19H21BrClFN4O2. The second-order valence-electron chi connectivity index (χ2n) is 8.25. The highest BCUT2D eigenvalue weighted by atomic mass is 79.9. The quantitative estimate of drug-likeness (QED) is 0.561. The summed E-state index contributed by atoms with van der Waals surface area (Å²) in [5, 5.41) is 0.608. The number of piperazine rings is 1. The first-order valence-electron chi connectivity index (χ1n) is 9.21. The van der Waals surface area contributed by atoms with Crippen molar-refractivity contribution in [2.24, 2.45) is 0 Å². The molecule has 0 saturated carbocycles. The van der Waals surface area contributed by atoms with Crippen molar-refractivity contribution in [2.45, 2.75) is 51.3 Å². The van der Waals surface area contributed by atoms with E-state index in [0.29, 0.717) is 28.8 Å². The fourth-order valence-electron chi connectivity index (χ4n) is 4.02. The van der Waals surface area contributed by atoms with Gasteiger partial charge in [0.05, 0.1) is 16.6 Å². The summed E-state index contributed by atoms with van der Waals surface area (Å²) in [6.45, 7) is 6.78. The molecule has 2 fully saturated rings. The molecule has 2 unspecified atom stereocenters. The molecule has 2 aromatic rings. The lowest BCUT2D eigenvalue weighted by molar-refractivity contribution is 0.0123. The minimum Gasteiger partial charge on any atom is -0.444 e. The van der Waals surface area contributed by atoms with Crippen LogP contribution in [0.1, 0.15) is 33.6 Å². The third kappa shape index (κ3) is 3.52. The number of amides is 1. The van der Waals surface area contributed by atoms with E-state index in [0.717, 1.165) is 12.8 Å². The van der Waals surface area contributed by atoms with E-state index >= 15 is 0 Å². The van der Waals surface area contributed by atoms with Crippen LogP contribution in [0.4, 0.5) is 15.0 Å². The summed E-state index contributed by atoms with van der Waals surface area (Å²) in [6, 6.07) is 3.48. The summed E-state index contributed by atoms with van der Waals surface area (Å²) in [5.74, 6) is 0.139. The molecule has 2 saturated heterocycles. The number of anilines is 1. The van der Waals surface area contributed by atoms with E-state index < -0.39 is 11.4 Å². The van der Waals surface area contributed by atoms with Crippen LogP contribution in [0.15, 0.2) is 16.6 Å². The molecule has 9 heteroatoms. The van der Waals surface area contributed by atoms with Crippen LogP contribution >= 0.6 is 27.5 Å². The number of hydrogen-bond donors (Lipinski definition) is 0. The zero-order valence-electron chi connectivity index (χ0n) is 15.9. The van der Waals surface area contributed by atoms with Gasteiger partial charge in [-0.25, -0.2) is 14.2 Å². The summed E-state index contributed by atoms with van der Waals surface area (Å²) < 4.78 is 20.4. The summed E-state index contributed by atoms with van der Waals surface area (Å²) in [4.78, 5) is 25.0. The molecule has 2 bridgehead atoms. The Morgan fingerprint density at radius 3 is 2.50 bits per heavy atom. The van der Waals surface area contributed by atoms with Crippen LogP contribution in [0.3, 0.4) is 0 Å². The first-order chi connectivity index (χ1) is 13.1. The highest BCUT2D eigenvalue weighted by molar-refractivity contribution is 9.10. The largest absolute Gasteiger partial charge is 0.444 e. The molecule has 3 heterocycles. The van der Waals surface area contributed by atoms with Crippen LogP contribution in [-0.2, 0) is 4.74 Å². The lowest BCUT2D eigenvalue weighted by Gasteiger charge is -2.42. The van der Waals surface area contributed by atoms with Crippen LogP contribution in [0.25, 0.3) is 10.9 Å². The van der Waals surface area contributed by atoms with Gasteiger partial charge in [-0.05, 0) is 73.3 Å². The Labute approximate surface area is 176 Å². The number of carbonyl (C=O) groups excluding carboxylic acids is 1. The van der Waals surface area contributed by atoms with Crippen molar-refractivity contribution >= 4 is 50.3 Å². The van der Waals surface area contributed by atoms with Gasteiger partial charge in [0.1, 0.15) is 16.9 Å².